The van der Waals surface area contributed by atoms with E-state index in [2.05, 4.69) is 17.3 Å². The highest BCUT2D eigenvalue weighted by Crippen LogP contribution is 2.17. The number of nitrogens with one attached hydrogen (secondary N) is 1. The smallest absolute Gasteiger partial charge is 0.0593 e. The molecule has 0 unspecified atom stereocenters. The predicted octanol–water partition coefficient (Wildman–Crippen LogP) is 1.49. The molecule has 0 aliphatic heterocycles. The molecule has 3 nitrogen and oxygen atoms in total. The molecule has 0 atom stereocenters. The summed E-state index contributed by atoms with van der Waals surface area (Å²) >= 11 is 0. The van der Waals surface area contributed by atoms with Crippen molar-refractivity contribution in [2.75, 3.05) is 39.9 Å². The van der Waals surface area contributed by atoms with Gasteiger partial charge in [0, 0.05) is 32.3 Å². The molecule has 1 N–H and O–H groups in total. The second-order valence-electron chi connectivity index (χ2n) is 4.44. The van der Waals surface area contributed by atoms with Crippen molar-refractivity contribution in [1.29, 1.82) is 0 Å². The standard InChI is InChI=1S/C12H26N2O/c1-3-15-11-10-14(2)9-8-13-12-6-4-5-7-12/h12-13H,3-11H2,1-2H3. The minimum Gasteiger partial charge on any atom is -0.380 e. The molecule has 1 aliphatic rings. The lowest BCUT2D eigenvalue weighted by Gasteiger charge is -2.18. The Morgan fingerprint density at radius 2 is 2.00 bits per heavy atom. The molecule has 90 valence electrons. The zero-order valence-corrected chi connectivity index (χ0v) is 10.3. The highest BCUT2D eigenvalue weighted by Gasteiger charge is 2.13. The molecule has 0 heterocycles. The average molecular weight is 214 g/mol. The molecule has 0 aromatic carbocycles. The van der Waals surface area contributed by atoms with Crippen molar-refractivity contribution in [3.05, 3.63) is 0 Å². The van der Waals surface area contributed by atoms with Crippen LogP contribution in [0.1, 0.15) is 32.6 Å². The number of nitrogens with zero attached hydrogens (tertiary/aromatic N) is 1. The summed E-state index contributed by atoms with van der Waals surface area (Å²) < 4.78 is 5.32. The van der Waals surface area contributed by atoms with Gasteiger partial charge in [-0.05, 0) is 26.8 Å². The van der Waals surface area contributed by atoms with Crippen molar-refractivity contribution in [1.82, 2.24) is 10.2 Å². The van der Waals surface area contributed by atoms with Crippen LogP contribution in [0.4, 0.5) is 0 Å². The summed E-state index contributed by atoms with van der Waals surface area (Å²) in [7, 11) is 2.16. The van der Waals surface area contributed by atoms with E-state index in [1.54, 1.807) is 0 Å². The van der Waals surface area contributed by atoms with Gasteiger partial charge in [0.05, 0.1) is 6.61 Å². The van der Waals surface area contributed by atoms with Crippen molar-refractivity contribution in [2.24, 2.45) is 0 Å². The van der Waals surface area contributed by atoms with Gasteiger partial charge in [0.25, 0.3) is 0 Å². The van der Waals surface area contributed by atoms with Crippen molar-refractivity contribution in [2.45, 2.75) is 38.6 Å². The van der Waals surface area contributed by atoms with Gasteiger partial charge in [-0.15, -0.1) is 0 Å². The van der Waals surface area contributed by atoms with Crippen LogP contribution >= 0.6 is 0 Å². The largest absolute Gasteiger partial charge is 0.380 e. The van der Waals surface area contributed by atoms with Crippen molar-refractivity contribution >= 4 is 0 Å². The lowest BCUT2D eigenvalue weighted by molar-refractivity contribution is 0.122. The van der Waals surface area contributed by atoms with E-state index in [9.17, 15) is 0 Å². The minimum atomic E-state index is 0.797. The van der Waals surface area contributed by atoms with Crippen LogP contribution in [-0.4, -0.2) is 50.8 Å². The highest BCUT2D eigenvalue weighted by molar-refractivity contribution is 4.73. The van der Waals surface area contributed by atoms with Crippen LogP contribution < -0.4 is 5.32 Å². The molecule has 0 amide bonds. The molecule has 0 aromatic heterocycles. The number of hydrogen-bond donors (Lipinski definition) is 1. The average Bonchev–Trinajstić information content (AvgIpc) is 2.71. The summed E-state index contributed by atoms with van der Waals surface area (Å²) in [5.41, 5.74) is 0. The molecule has 15 heavy (non-hydrogen) atoms. The Labute approximate surface area is 94.2 Å². The fourth-order valence-corrected chi connectivity index (χ4v) is 2.07. The van der Waals surface area contributed by atoms with E-state index in [1.165, 1.54) is 25.7 Å². The van der Waals surface area contributed by atoms with Gasteiger partial charge in [0.2, 0.25) is 0 Å². The van der Waals surface area contributed by atoms with E-state index in [0.29, 0.717) is 0 Å². The van der Waals surface area contributed by atoms with Crippen LogP contribution in [0.2, 0.25) is 0 Å². The molecule has 1 saturated carbocycles. The molecule has 0 radical (unpaired) electrons. The van der Waals surface area contributed by atoms with Crippen LogP contribution in [0.25, 0.3) is 0 Å². The predicted molar refractivity (Wildman–Crippen MR) is 64.2 cm³/mol. The Morgan fingerprint density at radius 1 is 1.27 bits per heavy atom. The van der Waals surface area contributed by atoms with Crippen LogP contribution in [0.5, 0.6) is 0 Å². The Balaban J connectivity index is 1.89. The quantitative estimate of drug-likeness (QED) is 0.620. The first kappa shape index (κ1) is 12.9. The fraction of sp³-hybridized carbons (Fsp3) is 1.00. The molecule has 0 aromatic rings. The molecule has 0 spiro atoms. The number of likely N-dealkylation sites (N-methyl/N-ethyl adjacent to an activating group) is 1. The topological polar surface area (TPSA) is 24.5 Å². The molecular formula is C12H26N2O. The third kappa shape index (κ3) is 6.13. The second kappa shape index (κ2) is 8.08. The lowest BCUT2D eigenvalue weighted by atomic mass is 10.2. The molecule has 3 heteroatoms. The zero-order chi connectivity index (χ0) is 10.9. The summed E-state index contributed by atoms with van der Waals surface area (Å²) in [6.45, 7) is 7.02. The van der Waals surface area contributed by atoms with Gasteiger partial charge in [-0.3, -0.25) is 0 Å². The van der Waals surface area contributed by atoms with E-state index in [4.69, 9.17) is 4.74 Å². The number of hydrogen-bond acceptors (Lipinski definition) is 3. The SMILES string of the molecule is CCOCCN(C)CCNC1CCCC1. The molecule has 1 aliphatic carbocycles. The Bertz CT molecular complexity index is 147. The van der Waals surface area contributed by atoms with Crippen LogP contribution in [0, 0.1) is 0 Å². The maximum Gasteiger partial charge on any atom is 0.0593 e. The van der Waals surface area contributed by atoms with Crippen LogP contribution in [-0.2, 0) is 4.74 Å². The van der Waals surface area contributed by atoms with Crippen LogP contribution in [0.15, 0.2) is 0 Å². The summed E-state index contributed by atoms with van der Waals surface area (Å²) in [4.78, 5) is 2.33. The third-order valence-electron chi connectivity index (χ3n) is 3.10. The summed E-state index contributed by atoms with van der Waals surface area (Å²) in [5.74, 6) is 0. The maximum absolute atomic E-state index is 5.32. The maximum atomic E-state index is 5.32. The van der Waals surface area contributed by atoms with E-state index < -0.39 is 0 Å². The minimum absolute atomic E-state index is 0.797. The summed E-state index contributed by atoms with van der Waals surface area (Å²) in [5, 5.41) is 3.62. The molecular weight excluding hydrogens is 188 g/mol. The van der Waals surface area contributed by atoms with Gasteiger partial charge < -0.3 is 15.0 Å². The Hall–Kier alpha value is -0.120. The fourth-order valence-electron chi connectivity index (χ4n) is 2.07. The van der Waals surface area contributed by atoms with E-state index >= 15 is 0 Å². The number of rotatable bonds is 8. The van der Waals surface area contributed by atoms with E-state index in [-0.39, 0.29) is 0 Å². The number of ether oxygens (including phenoxy) is 1. The highest BCUT2D eigenvalue weighted by atomic mass is 16.5. The van der Waals surface area contributed by atoms with Gasteiger partial charge in [0.1, 0.15) is 0 Å². The van der Waals surface area contributed by atoms with E-state index in [0.717, 1.165) is 38.9 Å². The summed E-state index contributed by atoms with van der Waals surface area (Å²) in [6, 6.07) is 0.797. The molecule has 0 bridgehead atoms. The second-order valence-corrected chi connectivity index (χ2v) is 4.44. The van der Waals surface area contributed by atoms with Gasteiger partial charge in [-0.2, -0.15) is 0 Å². The van der Waals surface area contributed by atoms with Crippen LogP contribution in [0.3, 0.4) is 0 Å². The Morgan fingerprint density at radius 3 is 2.67 bits per heavy atom. The van der Waals surface area contributed by atoms with Crippen molar-refractivity contribution in [3.8, 4) is 0 Å². The lowest BCUT2D eigenvalue weighted by Crippen LogP contribution is -2.35. The Kier molecular flexibility index (Phi) is 6.98. The first-order valence-electron chi connectivity index (χ1n) is 6.32. The first-order valence-corrected chi connectivity index (χ1v) is 6.32. The van der Waals surface area contributed by atoms with Gasteiger partial charge >= 0.3 is 0 Å². The summed E-state index contributed by atoms with van der Waals surface area (Å²) in [6.07, 6.45) is 5.58. The third-order valence-corrected chi connectivity index (χ3v) is 3.10. The van der Waals surface area contributed by atoms with Crippen molar-refractivity contribution in [3.63, 3.8) is 0 Å². The monoisotopic (exact) mass is 214 g/mol. The zero-order valence-electron chi connectivity index (χ0n) is 10.3. The van der Waals surface area contributed by atoms with E-state index in [1.807, 2.05) is 6.92 Å². The van der Waals surface area contributed by atoms with Gasteiger partial charge in [-0.25, -0.2) is 0 Å². The molecule has 1 fully saturated rings. The van der Waals surface area contributed by atoms with Gasteiger partial charge in [0.15, 0.2) is 0 Å². The van der Waals surface area contributed by atoms with Crippen molar-refractivity contribution < 1.29 is 4.74 Å². The normalized spacial score (nSPS) is 17.8. The molecule has 1 rings (SSSR count). The molecule has 0 saturated heterocycles. The van der Waals surface area contributed by atoms with Gasteiger partial charge in [-0.1, -0.05) is 12.8 Å². The first-order chi connectivity index (χ1) is 7.33.